The van der Waals surface area contributed by atoms with Gasteiger partial charge in [0.15, 0.2) is 6.61 Å². The van der Waals surface area contributed by atoms with Crippen molar-refractivity contribution in [1.82, 2.24) is 10.2 Å². The van der Waals surface area contributed by atoms with E-state index in [0.717, 1.165) is 31.4 Å². The van der Waals surface area contributed by atoms with E-state index in [1.165, 1.54) is 5.56 Å². The average Bonchev–Trinajstić information content (AvgIpc) is 3.38. The number of amides is 2. The Morgan fingerprint density at radius 2 is 1.81 bits per heavy atom. The first kappa shape index (κ1) is 23.1. The fourth-order valence-corrected chi connectivity index (χ4v) is 4.17. The lowest BCUT2D eigenvalue weighted by Crippen LogP contribution is -2.36. The van der Waals surface area contributed by atoms with Gasteiger partial charge in [-0.3, -0.25) is 14.4 Å². The summed E-state index contributed by atoms with van der Waals surface area (Å²) in [5.74, 6) is -0.561. The number of likely N-dealkylation sites (tertiary alicyclic amines) is 1. The Morgan fingerprint density at radius 1 is 1.13 bits per heavy atom. The normalized spacial score (nSPS) is 19.5. The molecule has 1 aliphatic carbocycles. The monoisotopic (exact) mass is 430 g/mol. The molecule has 1 atom stereocenters. The van der Waals surface area contributed by atoms with Crippen molar-refractivity contribution in [2.75, 3.05) is 26.3 Å². The van der Waals surface area contributed by atoms with Crippen LogP contribution < -0.4 is 10.1 Å². The number of carbonyl (C=O) groups excluding carboxylic acids is 3. The smallest absolute Gasteiger partial charge is 0.311 e. The highest BCUT2D eigenvalue weighted by atomic mass is 16.5. The van der Waals surface area contributed by atoms with Crippen molar-refractivity contribution in [2.45, 2.75) is 64.3 Å². The van der Waals surface area contributed by atoms with E-state index in [4.69, 9.17) is 9.47 Å². The molecule has 3 rings (SSSR count). The predicted molar refractivity (Wildman–Crippen MR) is 117 cm³/mol. The third-order valence-corrected chi connectivity index (χ3v) is 6.02. The lowest BCUT2D eigenvalue weighted by atomic mass is 9.87. The van der Waals surface area contributed by atoms with Crippen LogP contribution in [0, 0.1) is 5.92 Å². The van der Waals surface area contributed by atoms with Gasteiger partial charge in [-0.2, -0.15) is 0 Å². The van der Waals surface area contributed by atoms with Gasteiger partial charge in [0, 0.05) is 19.0 Å². The van der Waals surface area contributed by atoms with Gasteiger partial charge in [0.1, 0.15) is 12.4 Å². The lowest BCUT2D eigenvalue weighted by molar-refractivity contribution is -0.152. The maximum Gasteiger partial charge on any atom is 0.311 e. The second-order valence-electron chi connectivity index (χ2n) is 9.47. The molecule has 1 aromatic carbocycles. The minimum atomic E-state index is -0.473. The summed E-state index contributed by atoms with van der Waals surface area (Å²) in [4.78, 5) is 38.2. The van der Waals surface area contributed by atoms with Crippen molar-refractivity contribution in [3.05, 3.63) is 29.8 Å². The Hall–Kier alpha value is -2.57. The number of esters is 1. The molecule has 1 saturated carbocycles. The zero-order valence-electron chi connectivity index (χ0n) is 18.8. The number of hydrogen-bond acceptors (Lipinski definition) is 5. The van der Waals surface area contributed by atoms with Crippen LogP contribution in [0.1, 0.15) is 58.4 Å². The SMILES string of the molecule is CC(C)(C)c1ccc(OCCNC(=O)COC(=O)[C@@H]2CC(=O)N(C3CCCC3)C2)cc1. The maximum absolute atomic E-state index is 12.3. The van der Waals surface area contributed by atoms with Crippen molar-refractivity contribution in [2.24, 2.45) is 5.92 Å². The summed E-state index contributed by atoms with van der Waals surface area (Å²) in [6, 6.07) is 8.17. The van der Waals surface area contributed by atoms with Crippen LogP contribution in [0.25, 0.3) is 0 Å². The van der Waals surface area contributed by atoms with Crippen molar-refractivity contribution >= 4 is 17.8 Å². The van der Waals surface area contributed by atoms with E-state index in [-0.39, 0.29) is 36.3 Å². The summed E-state index contributed by atoms with van der Waals surface area (Å²) in [5.41, 5.74) is 1.31. The van der Waals surface area contributed by atoms with E-state index in [1.54, 1.807) is 0 Å². The Kier molecular flexibility index (Phi) is 7.57. The molecule has 0 unspecified atom stereocenters. The summed E-state index contributed by atoms with van der Waals surface area (Å²) < 4.78 is 10.8. The molecule has 1 aliphatic heterocycles. The second kappa shape index (κ2) is 10.2. The summed E-state index contributed by atoms with van der Waals surface area (Å²) in [6.07, 6.45) is 4.47. The molecule has 0 aromatic heterocycles. The van der Waals surface area contributed by atoms with Crippen LogP contribution in [0.5, 0.6) is 5.75 Å². The van der Waals surface area contributed by atoms with E-state index in [9.17, 15) is 14.4 Å². The Labute approximate surface area is 184 Å². The molecule has 1 aromatic rings. The highest BCUT2D eigenvalue weighted by Gasteiger charge is 2.39. The minimum Gasteiger partial charge on any atom is -0.492 e. The molecule has 31 heavy (non-hydrogen) atoms. The van der Waals surface area contributed by atoms with Crippen LogP contribution in [-0.4, -0.2) is 55.0 Å². The van der Waals surface area contributed by atoms with E-state index < -0.39 is 11.9 Å². The number of nitrogens with one attached hydrogen (secondary N) is 1. The first-order chi connectivity index (χ1) is 14.7. The Balaban J connectivity index is 1.31. The first-order valence-electron chi connectivity index (χ1n) is 11.2. The molecule has 1 N–H and O–H groups in total. The van der Waals surface area contributed by atoms with Gasteiger partial charge in [0.25, 0.3) is 5.91 Å². The molecular formula is C24H34N2O5. The van der Waals surface area contributed by atoms with E-state index in [0.29, 0.717) is 19.7 Å². The molecular weight excluding hydrogens is 396 g/mol. The molecule has 0 bridgehead atoms. The van der Waals surface area contributed by atoms with Crippen LogP contribution in [0.15, 0.2) is 24.3 Å². The summed E-state index contributed by atoms with van der Waals surface area (Å²) in [5, 5.41) is 2.68. The zero-order valence-corrected chi connectivity index (χ0v) is 18.8. The largest absolute Gasteiger partial charge is 0.492 e. The van der Waals surface area contributed by atoms with Gasteiger partial charge >= 0.3 is 5.97 Å². The van der Waals surface area contributed by atoms with Gasteiger partial charge in [0.2, 0.25) is 5.91 Å². The number of nitrogens with zero attached hydrogens (tertiary/aromatic N) is 1. The number of rotatable bonds is 8. The highest BCUT2D eigenvalue weighted by Crippen LogP contribution is 2.30. The van der Waals surface area contributed by atoms with Gasteiger partial charge in [-0.05, 0) is 36.0 Å². The lowest BCUT2D eigenvalue weighted by Gasteiger charge is -2.23. The molecule has 170 valence electrons. The molecule has 1 heterocycles. The standard InChI is InChI=1S/C24H34N2O5/c1-24(2,3)18-8-10-20(11-9-18)30-13-12-25-21(27)16-31-23(29)17-14-22(28)26(15-17)19-6-4-5-7-19/h8-11,17,19H,4-7,12-16H2,1-3H3,(H,25,27)/t17-/m1/s1. The van der Waals surface area contributed by atoms with Crippen molar-refractivity contribution in [3.8, 4) is 5.75 Å². The predicted octanol–water partition coefficient (Wildman–Crippen LogP) is 2.81. The van der Waals surface area contributed by atoms with Crippen LogP contribution in [0.3, 0.4) is 0 Å². The van der Waals surface area contributed by atoms with E-state index >= 15 is 0 Å². The van der Waals surface area contributed by atoms with Gasteiger partial charge in [-0.1, -0.05) is 45.7 Å². The van der Waals surface area contributed by atoms with Gasteiger partial charge in [0.05, 0.1) is 12.5 Å². The van der Waals surface area contributed by atoms with Crippen LogP contribution in [0.2, 0.25) is 0 Å². The number of hydrogen-bond donors (Lipinski definition) is 1. The number of ether oxygens (including phenoxy) is 2. The van der Waals surface area contributed by atoms with Crippen LogP contribution in [-0.2, 0) is 24.5 Å². The molecule has 2 amide bonds. The minimum absolute atomic E-state index is 0.0194. The summed E-state index contributed by atoms with van der Waals surface area (Å²) in [6.45, 7) is 7.17. The molecule has 7 heteroatoms. The Morgan fingerprint density at radius 3 is 2.45 bits per heavy atom. The number of benzene rings is 1. The van der Waals surface area contributed by atoms with Crippen molar-refractivity contribution in [3.63, 3.8) is 0 Å². The summed E-state index contributed by atoms with van der Waals surface area (Å²) >= 11 is 0. The summed E-state index contributed by atoms with van der Waals surface area (Å²) in [7, 11) is 0. The quantitative estimate of drug-likeness (QED) is 0.506. The fourth-order valence-electron chi connectivity index (χ4n) is 4.17. The number of carbonyl (C=O) groups is 3. The van der Waals surface area contributed by atoms with Crippen LogP contribution in [0.4, 0.5) is 0 Å². The van der Waals surface area contributed by atoms with Crippen LogP contribution >= 0.6 is 0 Å². The van der Waals surface area contributed by atoms with Crippen molar-refractivity contribution in [1.29, 1.82) is 0 Å². The van der Waals surface area contributed by atoms with Crippen molar-refractivity contribution < 1.29 is 23.9 Å². The maximum atomic E-state index is 12.3. The molecule has 0 spiro atoms. The molecule has 0 radical (unpaired) electrons. The molecule has 1 saturated heterocycles. The molecule has 2 fully saturated rings. The highest BCUT2D eigenvalue weighted by molar-refractivity contribution is 5.88. The van der Waals surface area contributed by atoms with E-state index in [1.807, 2.05) is 29.2 Å². The van der Waals surface area contributed by atoms with Gasteiger partial charge in [-0.25, -0.2) is 0 Å². The third kappa shape index (κ3) is 6.45. The van der Waals surface area contributed by atoms with Gasteiger partial charge < -0.3 is 19.7 Å². The first-order valence-corrected chi connectivity index (χ1v) is 11.2. The molecule has 2 aliphatic rings. The Bertz CT molecular complexity index is 778. The third-order valence-electron chi connectivity index (χ3n) is 6.02. The zero-order chi connectivity index (χ0) is 22.4. The van der Waals surface area contributed by atoms with E-state index in [2.05, 4.69) is 26.1 Å². The average molecular weight is 431 g/mol. The molecule has 7 nitrogen and oxygen atoms in total. The second-order valence-corrected chi connectivity index (χ2v) is 9.47. The topological polar surface area (TPSA) is 84.9 Å². The van der Waals surface area contributed by atoms with Gasteiger partial charge in [-0.15, -0.1) is 0 Å². The fraction of sp³-hybridized carbons (Fsp3) is 0.625.